The Balaban J connectivity index is 0.000000315. The van der Waals surface area contributed by atoms with Gasteiger partial charge in [-0.25, -0.2) is 79.3 Å². The molecule has 0 spiro atoms. The van der Waals surface area contributed by atoms with Crippen LogP contribution in [0.4, 0.5) is 55.8 Å². The van der Waals surface area contributed by atoms with E-state index >= 15 is 0 Å². The van der Waals surface area contributed by atoms with E-state index in [9.17, 15) is 42.3 Å². The van der Waals surface area contributed by atoms with Crippen LogP contribution in [0.2, 0.25) is 0 Å². The van der Waals surface area contributed by atoms with Gasteiger partial charge < -0.3 is 80.4 Å². The molecule has 780 valence electrons. The molecule has 0 radical (unpaired) electrons. The summed E-state index contributed by atoms with van der Waals surface area (Å²) in [5.74, 6) is 5.18. The number of para-hydroxylation sites is 1. The van der Waals surface area contributed by atoms with Crippen LogP contribution in [0, 0.1) is 38.2 Å². The van der Waals surface area contributed by atoms with Crippen LogP contribution in [-0.2, 0) is 107 Å². The number of hydrogen-bond acceptors (Lipinski definition) is 36. The van der Waals surface area contributed by atoms with Crippen LogP contribution in [0.1, 0.15) is 206 Å². The van der Waals surface area contributed by atoms with Crippen LogP contribution in [0.5, 0.6) is 5.88 Å². The first-order chi connectivity index (χ1) is 65.8. The number of aryl methyl sites for hydroxylation is 3. The van der Waals surface area contributed by atoms with Crippen molar-refractivity contribution in [2.45, 2.75) is 223 Å². The van der Waals surface area contributed by atoms with E-state index < -0.39 is 85.3 Å². The maximum Gasteiger partial charge on any atom is 0.513 e. The molecule has 14 rings (SSSR count). The number of methoxy groups -OCH3 is 1. The Morgan fingerprint density at radius 3 is 1.45 bits per heavy atom. The summed E-state index contributed by atoms with van der Waals surface area (Å²) in [4.78, 5) is 118. The topological polar surface area (TPSA) is 502 Å². The second-order valence-corrected chi connectivity index (χ2v) is 42.4. The van der Waals surface area contributed by atoms with Crippen molar-refractivity contribution >= 4 is 143 Å². The minimum atomic E-state index is -2.04. The number of ether oxygens (including phenoxy) is 6. The Labute approximate surface area is 876 Å². The summed E-state index contributed by atoms with van der Waals surface area (Å²) in [5.41, 5.74) is 30.7. The number of hydrogen-bond donors (Lipinski definition) is 9. The van der Waals surface area contributed by atoms with E-state index in [0.29, 0.717) is 115 Å². The molecule has 3 fully saturated rings. The van der Waals surface area contributed by atoms with Crippen molar-refractivity contribution in [2.24, 2.45) is 15.9 Å². The molecule has 6 aliphatic heterocycles. The van der Waals surface area contributed by atoms with Gasteiger partial charge in [-0.15, -0.1) is 0 Å². The molecule has 0 bridgehead atoms. The molecule has 6 atom stereocenters. The summed E-state index contributed by atoms with van der Waals surface area (Å²) >= 11 is 13.6. The standard InChI is InChI=1S/C25H32BrFN6O4.C22H28BrFN6O4.C16H19BN2O3.C14H12BrFN4S.C11H22N2O4.2C2H4O2.2CH4.FH.Hg.H2/c1-13-20-19(31-22(28)29-13)10-18(16-8-7-14(27)9-17(16)26)30-21(20)32-35-12-15-11-33(25(5,6)36-15)23(34)37-24(2,3)4;1-11-18-17(29-20(25)27-11)8-16(14-6-5-12(24)7-15(14)23)28-19(18)30-33-10-13(31)9-26-21(32)34-22(2,3)4;1-20-16-9-5-8-15(18-16)17-21-12-10-19(11-13-22-17)14-6-3-2-4-7-14;1-6-12-11(20-14(17)18-6)5-10(19-13(12)21)8-3-2-7(16)4-9(8)15;1-10(2,3)17-9(14)13-6-8(7-15-12)16-11(13,4)5;2*1-2(3)4;;;;;/h7-9,15,18H,10-12H2,1-6H3,(H,30,32)(H2,28,29,31);5-7,13,16,31H,8-10H2,1-4H3,(H,26,32)(H,28,30)(H2,25,27,29);2-9H,10-13H2,1H3;2-4,10H,5H2,1H3,(H,19,21)(H2,17,18,20);8H,6-7,12H2,1-5H3;2*1H3,(H,3,4);2*1H4;1H;;1H/q;;;;;;;;;;+2;/p-2/t15-,18+;13-,16+;;10-;8-;;;;;;;/m00.10......./s1. The minimum Gasteiger partial charge on any atom is -0.481 e. The number of fused-ring (bicyclic) bond motifs is 3. The number of pyridine rings is 1. The third kappa shape index (κ3) is 37.3. The molecule has 4 aromatic carbocycles. The molecular weight excluding hydrogens is 2270 g/mol. The predicted molar refractivity (Wildman–Crippen MR) is 544 cm³/mol. The number of nitrogens with one attached hydrogen (secondary N) is 4. The molecule has 0 saturated carbocycles. The number of alkyl carbamates (subject to hydrolysis) is 1. The van der Waals surface area contributed by atoms with E-state index in [2.05, 4.69) is 131 Å². The van der Waals surface area contributed by atoms with Gasteiger partial charge in [0, 0.05) is 78.7 Å². The quantitative estimate of drug-likeness (QED) is 0.0127. The minimum absolute atomic E-state index is 0. The second-order valence-electron chi connectivity index (χ2n) is 36.2. The number of rotatable bonds is 18. The Kier molecular flexibility index (Phi) is 46.4. The third-order valence-corrected chi connectivity index (χ3v) is 27.1. The average molecular weight is 2400 g/mol. The first-order valence-electron chi connectivity index (χ1n) is 44.4. The van der Waals surface area contributed by atoms with E-state index in [1.54, 1.807) is 62.8 Å². The maximum atomic E-state index is 13.7. The maximum absolute atomic E-state index is 13.7. The number of aliphatic hydroxyl groups is 1. The average Bonchev–Trinajstić information content (AvgIpc) is 1.18. The smallest absolute Gasteiger partial charge is 0.481 e. The number of hydroxylamine groups is 2. The number of nitrogens with two attached hydrogens (primary N) is 4. The number of thiocarbonyl (C=S) groups is 1. The Hall–Kier alpha value is -10.4. The normalized spacial score (nSPS) is 17.6. The Bertz CT molecular complexity index is 5720. The number of aliphatic hydroxyl groups excluding tert-OH is 1. The van der Waals surface area contributed by atoms with E-state index in [0.717, 1.165) is 52.3 Å². The van der Waals surface area contributed by atoms with Gasteiger partial charge in [-0.1, -0.05) is 117 Å². The van der Waals surface area contributed by atoms with Gasteiger partial charge in [0.1, 0.15) is 76.1 Å². The fraction of sp³-hybridized carbons (Fsp3) is 0.479. The number of carbonyl (C=O) groups excluding carboxylic acids is 5. The molecule has 4 aromatic heterocycles. The Morgan fingerprint density at radius 2 is 1.03 bits per heavy atom. The molecule has 49 heteroatoms. The molecule has 13 N–H and O–H groups in total. The van der Waals surface area contributed by atoms with Crippen molar-refractivity contribution in [3.05, 3.63) is 202 Å². The summed E-state index contributed by atoms with van der Waals surface area (Å²) in [5, 5.41) is 15.9. The number of halogens is 7. The van der Waals surface area contributed by atoms with Crippen LogP contribution in [0.15, 0.2) is 127 Å². The Morgan fingerprint density at radius 1 is 0.601 bits per heavy atom. The molecule has 143 heavy (non-hydrogen) atoms. The van der Waals surface area contributed by atoms with Crippen LogP contribution in [0.25, 0.3) is 0 Å². The van der Waals surface area contributed by atoms with Crippen molar-refractivity contribution in [1.82, 2.24) is 66.3 Å². The number of aliphatic imine (C=N–C) groups is 2. The van der Waals surface area contributed by atoms with Gasteiger partial charge >= 0.3 is 91.5 Å². The second kappa shape index (κ2) is 54.7. The molecule has 3 amide bonds. The number of amidine groups is 2. The third-order valence-electron chi connectivity index (χ3n) is 20.6. The monoisotopic (exact) mass is 2400 g/mol. The number of nitrogen functional groups attached to an aromatic ring is 3. The van der Waals surface area contributed by atoms with Gasteiger partial charge in [-0.2, -0.15) is 0 Å². The van der Waals surface area contributed by atoms with E-state index in [1.807, 2.05) is 119 Å². The van der Waals surface area contributed by atoms with Crippen LogP contribution in [-0.4, -0.2) is 223 Å². The van der Waals surface area contributed by atoms with Crippen molar-refractivity contribution in [1.29, 1.82) is 0 Å². The molecule has 6 aliphatic rings. The number of anilines is 4. The van der Waals surface area contributed by atoms with Gasteiger partial charge in [0.05, 0.1) is 107 Å². The van der Waals surface area contributed by atoms with E-state index in [-0.39, 0.29) is 125 Å². The molecule has 0 unspecified atom stereocenters. The SMILES string of the molecule is C.C.CC(=O)[O][Hg][O]C(C)=O.CC(C)(C)OC(=O)N1C[C@@H](CON)OC1(C)C.COc1cccc(B2OCCN(c3ccccc3)CCO2)n1.Cc1nc(N)nc2c1C(=S)N[C@@H](c1ccc(F)cc1Br)C2.Cc1nc(N)nc2c1C(NOC[C@@H](O)CNC(=O)OC(C)(C)C)=N[C@@H](c1ccc(F)cc1Br)C2.Cc1nc(N)nc2c1C(NOC[C@@H]1CN(C(=O)OC(C)(C)C)C(C)(C)O1)=N[C@@H](c1ccc(F)cc1Br)C2.F.[HH]. The summed E-state index contributed by atoms with van der Waals surface area (Å²) in [7, 11) is 1.16. The molecule has 0 aliphatic carbocycles. The van der Waals surface area contributed by atoms with Crippen molar-refractivity contribution in [2.75, 3.05) is 95.0 Å². The fourth-order valence-corrected chi connectivity index (χ4v) is 18.5. The summed E-state index contributed by atoms with van der Waals surface area (Å²) in [6.45, 7) is 35.2. The summed E-state index contributed by atoms with van der Waals surface area (Å²) in [6, 6.07) is 28.6. The molecule has 3 saturated heterocycles. The van der Waals surface area contributed by atoms with Gasteiger partial charge in [0.15, 0.2) is 11.7 Å². The zero-order chi connectivity index (χ0) is 103. The number of amides is 3. The van der Waals surface area contributed by atoms with Crippen LogP contribution in [0.3, 0.4) is 0 Å². The van der Waals surface area contributed by atoms with E-state index in [4.69, 9.17) is 92.7 Å². The van der Waals surface area contributed by atoms with Crippen molar-refractivity contribution in [3.63, 3.8) is 0 Å². The van der Waals surface area contributed by atoms with Crippen molar-refractivity contribution < 1.29 is 131 Å². The first-order valence-corrected chi connectivity index (χ1v) is 51.6. The largest absolute Gasteiger partial charge is 0.513 e. The summed E-state index contributed by atoms with van der Waals surface area (Å²) < 4.78 is 95.9. The summed E-state index contributed by atoms with van der Waals surface area (Å²) in [6.07, 6.45) is -1.58. The zero-order valence-corrected chi connectivity index (χ0v) is 92.9. The molecule has 10 heterocycles. The van der Waals surface area contributed by atoms with Gasteiger partial charge in [-0.3, -0.25) is 34.2 Å². The van der Waals surface area contributed by atoms with Gasteiger partial charge in [0.25, 0.3) is 0 Å². The molecular formula is C94H130BBr3F4HgN20O19S. The number of nitrogens with zero attached hydrogens (tertiary/aromatic N) is 12. The molecule has 8 aromatic rings. The zero-order valence-electron chi connectivity index (χ0n) is 81.8. The fourth-order valence-electron chi connectivity index (χ4n) is 14.7. The molecule has 39 nitrogen and oxygen atoms in total. The number of aromatic nitrogens is 7. The van der Waals surface area contributed by atoms with Crippen LogP contribution >= 0.6 is 60.0 Å². The van der Waals surface area contributed by atoms with Crippen molar-refractivity contribution in [3.8, 4) is 5.88 Å². The first kappa shape index (κ1) is 121. The van der Waals surface area contributed by atoms with E-state index in [1.165, 1.54) is 55.9 Å². The van der Waals surface area contributed by atoms with Crippen LogP contribution < -0.4 is 59.9 Å². The van der Waals surface area contributed by atoms with Gasteiger partial charge in [0.2, 0.25) is 23.7 Å². The number of carbonyl (C=O) groups is 5. The number of benzene rings is 4. The van der Waals surface area contributed by atoms with Gasteiger partial charge in [-0.05, 0) is 182 Å². The predicted octanol–water partition coefficient (Wildman–Crippen LogP) is 14.0.